The van der Waals surface area contributed by atoms with Crippen LogP contribution in [0.15, 0.2) is 55.0 Å². The average molecular weight is 848 g/mol. The fourth-order valence-corrected chi connectivity index (χ4v) is 5.99. The van der Waals surface area contributed by atoms with Crippen LogP contribution >= 0.6 is 45.2 Å². The van der Waals surface area contributed by atoms with Crippen molar-refractivity contribution in [3.63, 3.8) is 0 Å². The van der Waals surface area contributed by atoms with Gasteiger partial charge in [-0.3, -0.25) is 9.80 Å². The number of carbonyl (C=O) groups is 2. The summed E-state index contributed by atoms with van der Waals surface area (Å²) in [6.07, 6.45) is 3.57. The van der Waals surface area contributed by atoms with E-state index in [9.17, 15) is 18.4 Å². The number of ether oxygens (including phenoxy) is 2. The first-order chi connectivity index (χ1) is 20.9. The van der Waals surface area contributed by atoms with E-state index in [4.69, 9.17) is 9.47 Å². The first kappa shape index (κ1) is 32.2. The van der Waals surface area contributed by atoms with Gasteiger partial charge in [0.15, 0.2) is 0 Å². The number of amides is 2. The highest BCUT2D eigenvalue weighted by atomic mass is 127. The first-order valence-electron chi connectivity index (χ1n) is 13.5. The Morgan fingerprint density at radius 3 is 1.80 bits per heavy atom. The SMILES string of the molecule is C[Si](C)(C)c1cn(C[C@H]2CN(c3ccc(I)c(F)c3)C(=O)O2)nn1.O=C1O[C@@H](Cn2ccnn2)CN1c1ccc(I)c(F)c1. The minimum Gasteiger partial charge on any atom is -0.442 e. The second-order valence-electron chi connectivity index (χ2n) is 11.1. The van der Waals surface area contributed by atoms with E-state index in [2.05, 4.69) is 40.3 Å². The van der Waals surface area contributed by atoms with Crippen molar-refractivity contribution in [3.05, 3.63) is 73.8 Å². The second-order valence-corrected chi connectivity index (χ2v) is 18.5. The van der Waals surface area contributed by atoms with E-state index in [1.165, 1.54) is 21.9 Å². The number of nitrogens with zero attached hydrogens (tertiary/aromatic N) is 8. The third-order valence-electron chi connectivity index (χ3n) is 6.74. The molecule has 17 heteroatoms. The zero-order valence-corrected chi connectivity index (χ0v) is 29.2. The molecule has 2 aromatic carbocycles. The molecule has 2 aromatic heterocycles. The minimum absolute atomic E-state index is 0.327. The minimum atomic E-state index is -1.51. The summed E-state index contributed by atoms with van der Waals surface area (Å²) in [5, 5.41) is 16.9. The van der Waals surface area contributed by atoms with Crippen LogP contribution in [0.25, 0.3) is 0 Å². The Morgan fingerprint density at radius 2 is 1.36 bits per heavy atom. The number of hydrogen-bond donors (Lipinski definition) is 0. The first-order valence-corrected chi connectivity index (χ1v) is 19.1. The molecule has 44 heavy (non-hydrogen) atoms. The van der Waals surface area contributed by atoms with Crippen molar-refractivity contribution in [1.82, 2.24) is 30.0 Å². The average Bonchev–Trinajstić information content (AvgIpc) is 3.77. The monoisotopic (exact) mass is 848 g/mol. The van der Waals surface area contributed by atoms with Crippen LogP contribution in [0.4, 0.5) is 29.7 Å². The predicted molar refractivity (Wildman–Crippen MR) is 176 cm³/mol. The van der Waals surface area contributed by atoms with Crippen LogP contribution in [0.5, 0.6) is 0 Å². The molecule has 12 nitrogen and oxygen atoms in total. The van der Waals surface area contributed by atoms with Crippen molar-refractivity contribution in [3.8, 4) is 0 Å². The quantitative estimate of drug-likeness (QED) is 0.195. The van der Waals surface area contributed by atoms with Gasteiger partial charge in [-0.25, -0.2) is 27.7 Å². The second kappa shape index (κ2) is 13.4. The van der Waals surface area contributed by atoms with E-state index >= 15 is 0 Å². The number of benzene rings is 2. The van der Waals surface area contributed by atoms with E-state index in [-0.39, 0.29) is 23.8 Å². The molecule has 0 spiro atoms. The maximum absolute atomic E-state index is 13.7. The Bertz CT molecular complexity index is 1650. The van der Waals surface area contributed by atoms with Crippen LogP contribution in [-0.4, -0.2) is 75.5 Å². The van der Waals surface area contributed by atoms with Gasteiger partial charge in [0.1, 0.15) is 31.9 Å². The van der Waals surface area contributed by atoms with E-state index in [0.717, 1.165) is 5.32 Å². The lowest BCUT2D eigenvalue weighted by molar-refractivity contribution is 0.128. The van der Waals surface area contributed by atoms with Crippen molar-refractivity contribution in [2.24, 2.45) is 0 Å². The molecule has 6 rings (SSSR count). The fraction of sp³-hybridized carbons (Fsp3) is 0.333. The molecular formula is C27H28F2I2N8O4Si. The van der Waals surface area contributed by atoms with Gasteiger partial charge in [-0.15, -0.1) is 10.2 Å². The van der Waals surface area contributed by atoms with E-state index in [1.807, 2.05) is 51.4 Å². The van der Waals surface area contributed by atoms with Gasteiger partial charge in [0.25, 0.3) is 0 Å². The van der Waals surface area contributed by atoms with Crippen LogP contribution in [0, 0.1) is 18.8 Å². The van der Waals surface area contributed by atoms with Gasteiger partial charge in [-0.05, 0) is 81.6 Å². The summed E-state index contributed by atoms with van der Waals surface area (Å²) in [6.45, 7) is 8.18. The maximum Gasteiger partial charge on any atom is 0.414 e. The summed E-state index contributed by atoms with van der Waals surface area (Å²) >= 11 is 3.81. The fourth-order valence-electron chi connectivity index (χ4n) is 4.44. The highest BCUT2D eigenvalue weighted by Gasteiger charge is 2.34. The molecule has 2 fully saturated rings. The topological polar surface area (TPSA) is 120 Å². The highest BCUT2D eigenvalue weighted by molar-refractivity contribution is 14.1. The van der Waals surface area contributed by atoms with Gasteiger partial charge >= 0.3 is 12.2 Å². The lowest BCUT2D eigenvalue weighted by Crippen LogP contribution is -2.38. The molecule has 4 aromatic rings. The third kappa shape index (κ3) is 7.71. The van der Waals surface area contributed by atoms with Crippen molar-refractivity contribution < 1.29 is 27.8 Å². The van der Waals surface area contributed by atoms with E-state index in [0.29, 0.717) is 44.7 Å². The lowest BCUT2D eigenvalue weighted by Gasteiger charge is -2.13. The maximum atomic E-state index is 13.7. The standard InChI is InChI=1S/C15H18FIN4O2Si.C12H10FIN4O2/c1-24(2,3)14-9-20(19-18-14)7-11-8-21(15(22)23-11)10-4-5-13(17)12(16)6-10;13-10-5-8(1-2-11(10)14)18-7-9(20-12(18)19)6-17-4-3-15-16-17/h4-6,9,11H,7-8H2,1-3H3;1-5,9H,6-7H2/t11-;9-/m00/s1. The molecule has 2 aliphatic rings. The van der Waals surface area contributed by atoms with Crippen molar-refractivity contribution >= 4 is 82.1 Å². The Hall–Kier alpha value is -3.20. The Balaban J connectivity index is 0.000000177. The zero-order chi connectivity index (χ0) is 31.6. The molecule has 2 atom stereocenters. The third-order valence-corrected chi connectivity index (χ3v) is 10.3. The van der Waals surface area contributed by atoms with Crippen molar-refractivity contribution in [1.29, 1.82) is 0 Å². The highest BCUT2D eigenvalue weighted by Crippen LogP contribution is 2.26. The summed E-state index contributed by atoms with van der Waals surface area (Å²) in [4.78, 5) is 26.8. The molecule has 4 heterocycles. The van der Waals surface area contributed by atoms with E-state index < -0.39 is 20.3 Å². The molecule has 0 radical (unpaired) electrons. The number of rotatable bonds is 7. The van der Waals surface area contributed by atoms with Crippen LogP contribution in [0.2, 0.25) is 19.6 Å². The van der Waals surface area contributed by atoms with Crippen molar-refractivity contribution in [2.45, 2.75) is 44.9 Å². The molecule has 0 N–H and O–H groups in total. The molecule has 0 aliphatic carbocycles. The number of halogens is 4. The number of cyclic esters (lactones) is 2. The normalized spacial score (nSPS) is 18.2. The van der Waals surface area contributed by atoms with E-state index in [1.54, 1.807) is 46.0 Å². The van der Waals surface area contributed by atoms with Gasteiger partial charge in [0.2, 0.25) is 0 Å². The zero-order valence-electron chi connectivity index (χ0n) is 23.9. The van der Waals surface area contributed by atoms with Crippen molar-refractivity contribution in [2.75, 3.05) is 22.9 Å². The van der Waals surface area contributed by atoms with Gasteiger partial charge in [0.05, 0.1) is 49.1 Å². The van der Waals surface area contributed by atoms with Gasteiger partial charge in [0, 0.05) is 19.5 Å². The summed E-state index contributed by atoms with van der Waals surface area (Å²) < 4.78 is 42.2. The van der Waals surface area contributed by atoms with Gasteiger partial charge < -0.3 is 9.47 Å². The summed E-state index contributed by atoms with van der Waals surface area (Å²) in [5.74, 6) is -0.698. The number of aromatic nitrogens is 6. The summed E-state index contributed by atoms with van der Waals surface area (Å²) in [6, 6.07) is 9.37. The number of anilines is 2. The lowest BCUT2D eigenvalue weighted by atomic mass is 10.2. The molecule has 232 valence electrons. The van der Waals surface area contributed by atoms with Crippen LogP contribution < -0.4 is 15.1 Å². The summed E-state index contributed by atoms with van der Waals surface area (Å²) in [7, 11) is -1.51. The Morgan fingerprint density at radius 1 is 0.841 bits per heavy atom. The smallest absolute Gasteiger partial charge is 0.414 e. The molecule has 0 unspecified atom stereocenters. The molecule has 0 saturated carbocycles. The molecule has 0 bridgehead atoms. The Kier molecular flexibility index (Phi) is 9.82. The van der Waals surface area contributed by atoms with Gasteiger partial charge in [-0.1, -0.05) is 30.1 Å². The van der Waals surface area contributed by atoms with Gasteiger partial charge in [-0.2, -0.15) is 0 Å². The molecule has 2 saturated heterocycles. The Labute approximate surface area is 280 Å². The number of carbonyl (C=O) groups excluding carboxylic acids is 2. The van der Waals surface area contributed by atoms with Crippen LogP contribution in [-0.2, 0) is 22.6 Å². The predicted octanol–water partition coefficient (Wildman–Crippen LogP) is 4.64. The number of hydrogen-bond acceptors (Lipinski definition) is 8. The van der Waals surface area contributed by atoms with Crippen LogP contribution in [0.1, 0.15) is 0 Å². The van der Waals surface area contributed by atoms with Crippen LogP contribution in [0.3, 0.4) is 0 Å². The molecule has 2 aliphatic heterocycles. The summed E-state index contributed by atoms with van der Waals surface area (Å²) in [5.41, 5.74) is 0.996. The molecular weight excluding hydrogens is 820 g/mol. The molecule has 2 amide bonds. The largest absolute Gasteiger partial charge is 0.442 e.